The van der Waals surface area contributed by atoms with Crippen LogP contribution in [-0.2, 0) is 10.2 Å². The van der Waals surface area contributed by atoms with E-state index in [1.165, 1.54) is 6.07 Å². The van der Waals surface area contributed by atoms with Crippen LogP contribution in [-0.4, -0.2) is 24.2 Å². The molecule has 27 heavy (non-hydrogen) atoms. The quantitative estimate of drug-likeness (QED) is 0.663. The standard InChI is InChI=1S/C23H23FO2S/c1-16-19-11-12-26-15-23(19,20-9-5-6-10-21(20)24)14-18(27-16)13-22(25)17-7-3-2-4-8-17/h2-10,14,16,19H,11-13,15H2,1H3/t16-,19+,23-/m1/s1. The van der Waals surface area contributed by atoms with E-state index in [0.717, 1.165) is 11.3 Å². The van der Waals surface area contributed by atoms with Gasteiger partial charge < -0.3 is 4.74 Å². The first-order valence-electron chi connectivity index (χ1n) is 9.39. The molecule has 140 valence electrons. The molecule has 2 aliphatic rings. The molecule has 0 N–H and O–H groups in total. The van der Waals surface area contributed by atoms with E-state index in [-0.39, 0.29) is 11.6 Å². The van der Waals surface area contributed by atoms with Crippen LogP contribution < -0.4 is 0 Å². The minimum atomic E-state index is -0.499. The maximum atomic E-state index is 14.8. The van der Waals surface area contributed by atoms with Crippen molar-refractivity contribution < 1.29 is 13.9 Å². The van der Waals surface area contributed by atoms with Crippen LogP contribution in [0.25, 0.3) is 0 Å². The van der Waals surface area contributed by atoms with E-state index >= 15 is 0 Å². The van der Waals surface area contributed by atoms with Gasteiger partial charge >= 0.3 is 0 Å². The molecule has 0 aliphatic carbocycles. The molecule has 3 atom stereocenters. The highest BCUT2D eigenvalue weighted by molar-refractivity contribution is 8.03. The minimum absolute atomic E-state index is 0.0976. The second-order valence-electron chi connectivity index (χ2n) is 7.37. The Bertz CT molecular complexity index is 864. The number of hydrogen-bond donors (Lipinski definition) is 0. The lowest BCUT2D eigenvalue weighted by Crippen LogP contribution is -2.49. The van der Waals surface area contributed by atoms with Crippen LogP contribution in [0.3, 0.4) is 0 Å². The average Bonchev–Trinajstić information content (AvgIpc) is 2.69. The zero-order chi connectivity index (χ0) is 18.9. The number of allylic oxidation sites excluding steroid dienone is 1. The lowest BCUT2D eigenvalue weighted by Gasteiger charge is -2.48. The molecule has 0 bridgehead atoms. The van der Waals surface area contributed by atoms with Crippen LogP contribution >= 0.6 is 11.8 Å². The van der Waals surface area contributed by atoms with Crippen molar-refractivity contribution in [3.05, 3.63) is 82.5 Å². The van der Waals surface area contributed by atoms with E-state index < -0.39 is 5.41 Å². The number of ether oxygens (including phenoxy) is 1. The Balaban J connectivity index is 1.73. The van der Waals surface area contributed by atoms with Crippen LogP contribution in [0, 0.1) is 11.7 Å². The minimum Gasteiger partial charge on any atom is -0.380 e. The van der Waals surface area contributed by atoms with Crippen LogP contribution in [0.15, 0.2) is 65.6 Å². The Morgan fingerprint density at radius 2 is 1.93 bits per heavy atom. The summed E-state index contributed by atoms with van der Waals surface area (Å²) in [5.41, 5.74) is 0.903. The summed E-state index contributed by atoms with van der Waals surface area (Å²) in [7, 11) is 0. The average molecular weight is 383 g/mol. The molecule has 0 amide bonds. The number of halogens is 1. The third-order valence-electron chi connectivity index (χ3n) is 5.70. The third-order valence-corrected chi connectivity index (χ3v) is 6.97. The van der Waals surface area contributed by atoms with Gasteiger partial charge in [0.2, 0.25) is 0 Å². The van der Waals surface area contributed by atoms with E-state index in [0.29, 0.717) is 41.9 Å². The molecule has 2 heterocycles. The molecule has 0 spiro atoms. The first kappa shape index (κ1) is 18.5. The summed E-state index contributed by atoms with van der Waals surface area (Å²) in [6.07, 6.45) is 3.38. The van der Waals surface area contributed by atoms with Crippen LogP contribution in [0.5, 0.6) is 0 Å². The zero-order valence-corrected chi connectivity index (χ0v) is 16.2. The molecular formula is C23H23FO2S. The Hall–Kier alpha value is -1.91. The molecule has 1 fully saturated rings. The maximum Gasteiger partial charge on any atom is 0.167 e. The number of hydrogen-bond acceptors (Lipinski definition) is 3. The molecule has 2 aromatic rings. The number of carbonyl (C=O) groups is 1. The van der Waals surface area contributed by atoms with Crippen LogP contribution in [0.4, 0.5) is 4.39 Å². The number of thioether (sulfide) groups is 1. The van der Waals surface area contributed by atoms with E-state index in [9.17, 15) is 9.18 Å². The Labute approximate surface area is 163 Å². The summed E-state index contributed by atoms with van der Waals surface area (Å²) in [5, 5.41) is 0.303. The monoisotopic (exact) mass is 382 g/mol. The van der Waals surface area contributed by atoms with Crippen molar-refractivity contribution in [3.63, 3.8) is 0 Å². The molecule has 2 nitrogen and oxygen atoms in total. The van der Waals surface area contributed by atoms with Gasteiger partial charge in [-0.2, -0.15) is 0 Å². The Morgan fingerprint density at radius 3 is 2.70 bits per heavy atom. The SMILES string of the molecule is C[C@H]1SC(CC(=O)c2ccccc2)=C[C@@]2(c3ccccc3F)COCC[C@@H]12. The fourth-order valence-corrected chi connectivity index (χ4v) is 5.94. The van der Waals surface area contributed by atoms with E-state index in [1.807, 2.05) is 42.5 Å². The van der Waals surface area contributed by atoms with Crippen LogP contribution in [0.2, 0.25) is 0 Å². The molecule has 1 saturated heterocycles. The molecule has 2 aromatic carbocycles. The summed E-state index contributed by atoms with van der Waals surface area (Å²) >= 11 is 1.76. The number of carbonyl (C=O) groups excluding carboxylic acids is 1. The molecule has 4 rings (SSSR count). The number of benzene rings is 2. The van der Waals surface area contributed by atoms with Gasteiger partial charge in [0.25, 0.3) is 0 Å². The molecule has 0 radical (unpaired) electrons. The van der Waals surface area contributed by atoms with Gasteiger partial charge in [-0.1, -0.05) is 61.5 Å². The predicted octanol–water partition coefficient (Wildman–Crippen LogP) is 5.39. The fourth-order valence-electron chi connectivity index (χ4n) is 4.43. The second-order valence-corrected chi connectivity index (χ2v) is 8.87. The third kappa shape index (κ3) is 3.48. The van der Waals surface area contributed by atoms with Gasteiger partial charge in [-0.15, -0.1) is 11.8 Å². The second kappa shape index (κ2) is 7.61. The highest BCUT2D eigenvalue weighted by atomic mass is 32.2. The smallest absolute Gasteiger partial charge is 0.167 e. The highest BCUT2D eigenvalue weighted by Gasteiger charge is 2.48. The molecule has 2 aliphatic heterocycles. The number of ketones is 1. The summed E-state index contributed by atoms with van der Waals surface area (Å²) in [6, 6.07) is 16.3. The zero-order valence-electron chi connectivity index (χ0n) is 15.4. The molecule has 0 aromatic heterocycles. The van der Waals surface area contributed by atoms with Gasteiger partial charge in [0.15, 0.2) is 5.78 Å². The summed E-state index contributed by atoms with van der Waals surface area (Å²) in [5.74, 6) is 0.196. The van der Waals surface area contributed by atoms with Gasteiger partial charge in [-0.3, -0.25) is 4.79 Å². The van der Waals surface area contributed by atoms with Crippen LogP contribution in [0.1, 0.15) is 35.7 Å². The largest absolute Gasteiger partial charge is 0.380 e. The Morgan fingerprint density at radius 1 is 1.19 bits per heavy atom. The normalized spacial score (nSPS) is 27.6. The fraction of sp³-hybridized carbons (Fsp3) is 0.348. The summed E-state index contributed by atoms with van der Waals surface area (Å²) in [4.78, 5) is 13.7. The van der Waals surface area contributed by atoms with E-state index in [1.54, 1.807) is 17.8 Å². The topological polar surface area (TPSA) is 26.3 Å². The van der Waals surface area contributed by atoms with E-state index in [2.05, 4.69) is 13.0 Å². The highest BCUT2D eigenvalue weighted by Crippen LogP contribution is 2.51. The van der Waals surface area contributed by atoms with E-state index in [4.69, 9.17) is 4.74 Å². The maximum absolute atomic E-state index is 14.8. The van der Waals surface area contributed by atoms with Crippen molar-refractivity contribution in [1.82, 2.24) is 0 Å². The number of Topliss-reactive ketones (excluding diaryl/α,β-unsaturated/α-hetero) is 1. The van der Waals surface area contributed by atoms with Gasteiger partial charge in [-0.25, -0.2) is 4.39 Å². The van der Waals surface area contributed by atoms with Gasteiger partial charge in [0.05, 0.1) is 6.61 Å². The van der Waals surface area contributed by atoms with Gasteiger partial charge in [0, 0.05) is 34.8 Å². The molecular weight excluding hydrogens is 359 g/mol. The summed E-state index contributed by atoms with van der Waals surface area (Å²) < 4.78 is 20.6. The predicted molar refractivity (Wildman–Crippen MR) is 108 cm³/mol. The van der Waals surface area contributed by atoms with Gasteiger partial charge in [0.1, 0.15) is 5.82 Å². The molecule has 0 unspecified atom stereocenters. The number of fused-ring (bicyclic) bond motifs is 1. The van der Waals surface area contributed by atoms with Crippen molar-refractivity contribution in [2.75, 3.05) is 13.2 Å². The lowest BCUT2D eigenvalue weighted by atomic mass is 9.66. The van der Waals surface area contributed by atoms with Crippen molar-refractivity contribution in [2.24, 2.45) is 5.92 Å². The van der Waals surface area contributed by atoms with Crippen molar-refractivity contribution in [2.45, 2.75) is 30.4 Å². The lowest BCUT2D eigenvalue weighted by molar-refractivity contribution is 0.0131. The number of rotatable bonds is 4. The summed E-state index contributed by atoms with van der Waals surface area (Å²) in [6.45, 7) is 3.36. The molecule has 0 saturated carbocycles. The first-order chi connectivity index (χ1) is 13.1. The van der Waals surface area contributed by atoms with Crippen molar-refractivity contribution >= 4 is 17.5 Å². The first-order valence-corrected chi connectivity index (χ1v) is 10.3. The van der Waals surface area contributed by atoms with Gasteiger partial charge in [-0.05, 0) is 23.3 Å². The van der Waals surface area contributed by atoms with Crippen molar-refractivity contribution in [1.29, 1.82) is 0 Å². The van der Waals surface area contributed by atoms with Crippen molar-refractivity contribution in [3.8, 4) is 0 Å². The Kier molecular flexibility index (Phi) is 5.20. The molecule has 4 heteroatoms.